The molecule has 0 heterocycles. The molecule has 1 amide bonds. The minimum absolute atomic E-state index is 0.0728. The summed E-state index contributed by atoms with van der Waals surface area (Å²) in [6.07, 6.45) is 0. The first-order chi connectivity index (χ1) is 11.5. The average Bonchev–Trinajstić information content (AvgIpc) is 2.56. The lowest BCUT2D eigenvalue weighted by atomic mass is 10.2. The third-order valence-corrected chi connectivity index (χ3v) is 4.36. The number of rotatable bonds is 8. The number of thioether (sulfide) groups is 1. The lowest BCUT2D eigenvalue weighted by molar-refractivity contribution is -0.119. The molecule has 24 heavy (non-hydrogen) atoms. The second kappa shape index (κ2) is 9.33. The van der Waals surface area contributed by atoms with Crippen LogP contribution < -0.4 is 10.1 Å². The van der Waals surface area contributed by atoms with Crippen molar-refractivity contribution >= 4 is 17.7 Å². The Hall–Kier alpha value is -2.01. The molecule has 0 aliphatic heterocycles. The van der Waals surface area contributed by atoms with Crippen LogP contribution in [0.1, 0.15) is 18.1 Å². The second-order valence-corrected chi connectivity index (χ2v) is 6.66. The van der Waals surface area contributed by atoms with Crippen LogP contribution in [-0.2, 0) is 10.5 Å². The maximum absolute atomic E-state index is 13.5. The van der Waals surface area contributed by atoms with Gasteiger partial charge in [-0.2, -0.15) is 0 Å². The van der Waals surface area contributed by atoms with E-state index in [1.165, 1.54) is 23.4 Å². The molecule has 0 aliphatic rings. The standard InChI is InChI=1S/C19H22FNO2S/c1-14-7-9-17(10-8-14)23-11-15(2)21-19(22)13-24-12-16-5-3-4-6-18(16)20/h3-10,15H,11-13H2,1-2H3,(H,21,22). The van der Waals surface area contributed by atoms with E-state index in [2.05, 4.69) is 5.32 Å². The van der Waals surface area contributed by atoms with Gasteiger partial charge in [0, 0.05) is 5.75 Å². The van der Waals surface area contributed by atoms with Crippen LogP contribution in [0, 0.1) is 12.7 Å². The first kappa shape index (κ1) is 18.3. The van der Waals surface area contributed by atoms with Gasteiger partial charge in [-0.1, -0.05) is 35.9 Å². The van der Waals surface area contributed by atoms with Gasteiger partial charge in [-0.25, -0.2) is 4.39 Å². The van der Waals surface area contributed by atoms with Crippen molar-refractivity contribution < 1.29 is 13.9 Å². The molecule has 5 heteroatoms. The van der Waals surface area contributed by atoms with Gasteiger partial charge < -0.3 is 10.1 Å². The van der Waals surface area contributed by atoms with E-state index in [0.29, 0.717) is 23.7 Å². The normalized spacial score (nSPS) is 11.8. The van der Waals surface area contributed by atoms with Crippen LogP contribution in [0.25, 0.3) is 0 Å². The maximum Gasteiger partial charge on any atom is 0.230 e. The van der Waals surface area contributed by atoms with E-state index in [0.717, 1.165) is 5.75 Å². The van der Waals surface area contributed by atoms with Crippen LogP contribution in [0.15, 0.2) is 48.5 Å². The Morgan fingerprint density at radius 1 is 1.21 bits per heavy atom. The third kappa shape index (κ3) is 6.24. The fourth-order valence-corrected chi connectivity index (χ4v) is 2.91. The minimum Gasteiger partial charge on any atom is -0.491 e. The molecule has 1 atom stereocenters. The number of halogens is 1. The molecule has 0 fully saturated rings. The van der Waals surface area contributed by atoms with Gasteiger partial charge in [-0.15, -0.1) is 11.8 Å². The van der Waals surface area contributed by atoms with E-state index in [4.69, 9.17) is 4.74 Å². The van der Waals surface area contributed by atoms with Crippen molar-refractivity contribution in [3.63, 3.8) is 0 Å². The topological polar surface area (TPSA) is 38.3 Å². The van der Waals surface area contributed by atoms with Crippen LogP contribution in [0.3, 0.4) is 0 Å². The molecule has 128 valence electrons. The molecule has 0 aromatic heterocycles. The van der Waals surface area contributed by atoms with E-state index in [9.17, 15) is 9.18 Å². The molecule has 2 aromatic rings. The van der Waals surface area contributed by atoms with Gasteiger partial charge in [0.1, 0.15) is 18.2 Å². The van der Waals surface area contributed by atoms with Crippen molar-refractivity contribution in [2.45, 2.75) is 25.6 Å². The van der Waals surface area contributed by atoms with E-state index in [1.807, 2.05) is 38.1 Å². The molecule has 2 rings (SSSR count). The number of hydrogen-bond donors (Lipinski definition) is 1. The molecule has 1 unspecified atom stereocenters. The zero-order valence-corrected chi connectivity index (χ0v) is 14.7. The molecule has 0 spiro atoms. The van der Waals surface area contributed by atoms with Gasteiger partial charge in [0.05, 0.1) is 11.8 Å². The summed E-state index contributed by atoms with van der Waals surface area (Å²) >= 11 is 1.39. The summed E-state index contributed by atoms with van der Waals surface area (Å²) in [4.78, 5) is 11.9. The Kier molecular flexibility index (Phi) is 7.12. The fraction of sp³-hybridized carbons (Fsp3) is 0.316. The van der Waals surface area contributed by atoms with Gasteiger partial charge in [-0.3, -0.25) is 4.79 Å². The number of amides is 1. The summed E-state index contributed by atoms with van der Waals surface area (Å²) < 4.78 is 19.1. The van der Waals surface area contributed by atoms with Gasteiger partial charge >= 0.3 is 0 Å². The Bertz CT molecular complexity index is 661. The van der Waals surface area contributed by atoms with Crippen LogP contribution in [0.5, 0.6) is 5.75 Å². The Labute approximate surface area is 146 Å². The minimum atomic E-state index is -0.231. The van der Waals surface area contributed by atoms with Crippen molar-refractivity contribution in [3.05, 3.63) is 65.5 Å². The Morgan fingerprint density at radius 3 is 2.62 bits per heavy atom. The van der Waals surface area contributed by atoms with Crippen LogP contribution in [-0.4, -0.2) is 24.3 Å². The van der Waals surface area contributed by atoms with Crippen LogP contribution in [0.4, 0.5) is 4.39 Å². The molecule has 1 N–H and O–H groups in total. The van der Waals surface area contributed by atoms with Crippen molar-refractivity contribution in [2.24, 2.45) is 0 Å². The number of benzene rings is 2. The molecule has 3 nitrogen and oxygen atoms in total. The summed E-state index contributed by atoms with van der Waals surface area (Å²) in [5, 5.41) is 2.88. The fourth-order valence-electron chi connectivity index (χ4n) is 2.08. The Balaban J connectivity index is 1.66. The number of ether oxygens (including phenoxy) is 1. The summed E-state index contributed by atoms with van der Waals surface area (Å²) in [5.41, 5.74) is 1.79. The molecular formula is C19H22FNO2S. The zero-order chi connectivity index (χ0) is 17.4. The molecule has 0 saturated heterocycles. The van der Waals surface area contributed by atoms with E-state index < -0.39 is 0 Å². The van der Waals surface area contributed by atoms with Crippen molar-refractivity contribution in [1.82, 2.24) is 5.32 Å². The number of nitrogens with one attached hydrogen (secondary N) is 1. The second-order valence-electron chi connectivity index (χ2n) is 5.68. The number of carbonyl (C=O) groups is 1. The number of hydrogen-bond acceptors (Lipinski definition) is 3. The van der Waals surface area contributed by atoms with Gasteiger partial charge in [0.15, 0.2) is 0 Å². The first-order valence-electron chi connectivity index (χ1n) is 7.84. The highest BCUT2D eigenvalue weighted by atomic mass is 32.2. The van der Waals surface area contributed by atoms with Crippen molar-refractivity contribution in [1.29, 1.82) is 0 Å². The molecule has 0 saturated carbocycles. The predicted octanol–water partition coefficient (Wildman–Crippen LogP) is 3.95. The molecule has 0 radical (unpaired) electrons. The third-order valence-electron chi connectivity index (χ3n) is 3.38. The molecule has 2 aromatic carbocycles. The molecule has 0 bridgehead atoms. The number of aryl methyl sites for hydroxylation is 1. The van der Waals surface area contributed by atoms with Gasteiger partial charge in [0.2, 0.25) is 5.91 Å². The summed E-state index contributed by atoms with van der Waals surface area (Å²) in [6.45, 7) is 4.33. The average molecular weight is 347 g/mol. The first-order valence-corrected chi connectivity index (χ1v) is 9.00. The summed E-state index contributed by atoms with van der Waals surface area (Å²) in [5.74, 6) is 1.26. The molecular weight excluding hydrogens is 325 g/mol. The monoisotopic (exact) mass is 347 g/mol. The lowest BCUT2D eigenvalue weighted by Gasteiger charge is -2.15. The molecule has 0 aliphatic carbocycles. The van der Waals surface area contributed by atoms with E-state index in [-0.39, 0.29) is 17.8 Å². The van der Waals surface area contributed by atoms with Crippen molar-refractivity contribution in [2.75, 3.05) is 12.4 Å². The van der Waals surface area contributed by atoms with Crippen LogP contribution >= 0.6 is 11.8 Å². The highest BCUT2D eigenvalue weighted by molar-refractivity contribution is 7.99. The van der Waals surface area contributed by atoms with Crippen molar-refractivity contribution in [3.8, 4) is 5.75 Å². The largest absolute Gasteiger partial charge is 0.491 e. The van der Waals surface area contributed by atoms with Crippen LogP contribution in [0.2, 0.25) is 0 Å². The SMILES string of the molecule is Cc1ccc(OCC(C)NC(=O)CSCc2ccccc2F)cc1. The summed E-state index contributed by atoms with van der Waals surface area (Å²) in [7, 11) is 0. The Morgan fingerprint density at radius 2 is 1.92 bits per heavy atom. The smallest absolute Gasteiger partial charge is 0.230 e. The predicted molar refractivity (Wildman–Crippen MR) is 96.8 cm³/mol. The van der Waals surface area contributed by atoms with Gasteiger partial charge in [-0.05, 0) is 37.6 Å². The highest BCUT2D eigenvalue weighted by Crippen LogP contribution is 2.15. The van der Waals surface area contributed by atoms with Gasteiger partial charge in [0.25, 0.3) is 0 Å². The number of carbonyl (C=O) groups excluding carboxylic acids is 1. The lowest BCUT2D eigenvalue weighted by Crippen LogP contribution is -2.37. The van der Waals surface area contributed by atoms with E-state index in [1.54, 1.807) is 18.2 Å². The maximum atomic E-state index is 13.5. The van der Waals surface area contributed by atoms with E-state index >= 15 is 0 Å². The highest BCUT2D eigenvalue weighted by Gasteiger charge is 2.09. The zero-order valence-electron chi connectivity index (χ0n) is 13.9. The summed E-state index contributed by atoms with van der Waals surface area (Å²) in [6, 6.07) is 14.3. The quantitative estimate of drug-likeness (QED) is 0.786.